The quantitative estimate of drug-likeness (QED) is 0.201. The number of benzene rings is 1. The van der Waals surface area contributed by atoms with Crippen molar-refractivity contribution in [2.45, 2.75) is 109 Å². The van der Waals surface area contributed by atoms with Crippen molar-refractivity contribution in [3.63, 3.8) is 0 Å². The number of aliphatic hydroxyl groups excluding tert-OH is 1. The highest BCUT2D eigenvalue weighted by Crippen LogP contribution is 2.68. The van der Waals surface area contributed by atoms with Crippen molar-refractivity contribution in [3.8, 4) is 12.3 Å². The Kier molecular flexibility index (Phi) is 9.88. The van der Waals surface area contributed by atoms with Crippen LogP contribution in [0.25, 0.3) is 10.9 Å². The van der Waals surface area contributed by atoms with Crippen LogP contribution >= 0.6 is 0 Å². The number of pyridine rings is 1. The molecule has 8 nitrogen and oxygen atoms in total. The van der Waals surface area contributed by atoms with E-state index in [1.54, 1.807) is 12.3 Å². The third kappa shape index (κ3) is 6.21. The summed E-state index contributed by atoms with van der Waals surface area (Å²) in [6.07, 6.45) is 17.7. The summed E-state index contributed by atoms with van der Waals surface area (Å²) in [6, 6.07) is 11.1. The van der Waals surface area contributed by atoms with Crippen molar-refractivity contribution >= 4 is 22.6 Å². The van der Waals surface area contributed by atoms with Gasteiger partial charge >= 0.3 is 0 Å². The molecule has 51 heavy (non-hydrogen) atoms. The molecule has 4 aliphatic carbocycles. The van der Waals surface area contributed by atoms with Gasteiger partial charge in [0.15, 0.2) is 0 Å². The highest BCUT2D eigenvalue weighted by Gasteiger charge is 2.65. The van der Waals surface area contributed by atoms with Crippen LogP contribution in [0, 0.1) is 46.8 Å². The number of fused-ring (bicyclic) bond motifs is 6. The van der Waals surface area contributed by atoms with E-state index in [0.717, 1.165) is 68.9 Å². The Morgan fingerprint density at radius 1 is 1.06 bits per heavy atom. The van der Waals surface area contributed by atoms with E-state index in [-0.39, 0.29) is 34.7 Å². The van der Waals surface area contributed by atoms with E-state index in [0.29, 0.717) is 55.4 Å². The Hall–Kier alpha value is -3.25. The van der Waals surface area contributed by atoms with Gasteiger partial charge in [-0.25, -0.2) is 4.98 Å². The number of hydrogen-bond acceptors (Lipinski definition) is 7. The van der Waals surface area contributed by atoms with E-state index in [1.165, 1.54) is 12.5 Å². The minimum Gasteiger partial charge on any atom is -0.391 e. The zero-order valence-electron chi connectivity index (χ0n) is 31.1. The lowest BCUT2D eigenvalue weighted by molar-refractivity contribution is -0.163. The second kappa shape index (κ2) is 14.0. The summed E-state index contributed by atoms with van der Waals surface area (Å²) in [6.45, 7) is 12.2. The Morgan fingerprint density at radius 2 is 1.80 bits per heavy atom. The van der Waals surface area contributed by atoms with Gasteiger partial charge in [-0.1, -0.05) is 51.0 Å². The Labute approximate surface area is 304 Å². The first-order valence-electron chi connectivity index (χ1n) is 19.7. The average molecular weight is 695 g/mol. The zero-order valence-corrected chi connectivity index (χ0v) is 31.1. The van der Waals surface area contributed by atoms with Crippen molar-refractivity contribution < 1.29 is 19.8 Å². The molecule has 5 aliphatic rings. The van der Waals surface area contributed by atoms with Gasteiger partial charge in [0.05, 0.1) is 11.6 Å². The molecular weight excluding hydrogens is 636 g/mol. The van der Waals surface area contributed by atoms with Gasteiger partial charge in [-0.15, -0.1) is 6.42 Å². The first kappa shape index (κ1) is 36.1. The number of amides is 1. The maximum atomic E-state index is 13.9. The summed E-state index contributed by atoms with van der Waals surface area (Å²) in [5.74, 6) is 4.87. The summed E-state index contributed by atoms with van der Waals surface area (Å²) in [5, 5.41) is 24.0. The molecule has 274 valence electrons. The average Bonchev–Trinajstić information content (AvgIpc) is 3.42. The van der Waals surface area contributed by atoms with Crippen LogP contribution < -0.4 is 0 Å². The topological polar surface area (TPSA) is 97.2 Å². The van der Waals surface area contributed by atoms with E-state index < -0.39 is 11.6 Å². The Morgan fingerprint density at radius 3 is 2.55 bits per heavy atom. The number of aliphatic hydroxyl groups is 2. The van der Waals surface area contributed by atoms with Gasteiger partial charge in [0, 0.05) is 61.8 Å². The van der Waals surface area contributed by atoms with Crippen molar-refractivity contribution in [1.82, 2.24) is 19.7 Å². The lowest BCUT2D eigenvalue weighted by Gasteiger charge is -2.63. The number of allylic oxidation sites excluding steroid dienone is 1. The largest absolute Gasteiger partial charge is 0.391 e. The molecule has 0 bridgehead atoms. The van der Waals surface area contributed by atoms with Crippen molar-refractivity contribution in [1.29, 1.82) is 0 Å². The molecule has 5 fully saturated rings. The predicted octanol–water partition coefficient (Wildman–Crippen LogP) is 5.92. The number of carbonyl (C=O) groups is 2. The van der Waals surface area contributed by atoms with Crippen LogP contribution in [-0.2, 0) is 4.79 Å². The molecular formula is C43H58N4O4. The molecule has 1 saturated heterocycles. The molecule has 3 unspecified atom stereocenters. The molecule has 2 heterocycles. The van der Waals surface area contributed by atoms with Crippen LogP contribution in [0.4, 0.5) is 0 Å². The second-order valence-electron chi connectivity index (χ2n) is 17.1. The van der Waals surface area contributed by atoms with Gasteiger partial charge in [0.25, 0.3) is 0 Å². The van der Waals surface area contributed by atoms with E-state index in [4.69, 9.17) is 6.42 Å². The first-order chi connectivity index (χ1) is 24.4. The number of hydrogen-bond donors (Lipinski definition) is 2. The molecule has 1 aliphatic heterocycles. The fourth-order valence-electron chi connectivity index (χ4n) is 11.7. The fourth-order valence-corrected chi connectivity index (χ4v) is 11.7. The maximum Gasteiger partial charge on any atom is 0.245 e. The molecule has 2 aromatic rings. The molecule has 7 rings (SSSR count). The van der Waals surface area contributed by atoms with Gasteiger partial charge in [-0.05, 0) is 106 Å². The number of rotatable bonds is 8. The van der Waals surface area contributed by atoms with Gasteiger partial charge in [0.1, 0.15) is 17.3 Å². The van der Waals surface area contributed by atoms with Crippen LogP contribution in [0.2, 0.25) is 0 Å². The number of piperazine rings is 1. The molecule has 8 heteroatoms. The number of carbonyl (C=O) groups excluding carboxylic acids is 2. The summed E-state index contributed by atoms with van der Waals surface area (Å²) in [4.78, 5) is 37.9. The lowest BCUT2D eigenvalue weighted by atomic mass is 9.44. The van der Waals surface area contributed by atoms with Crippen molar-refractivity contribution in [2.75, 3.05) is 32.7 Å². The standard InChI is InChI=1S/C43H58N4O4/c1-6-21-45(22-18-38(48)36-15-12-30-10-8-9-11-35(30)44-36)29(3)40(50)47-25-23-46(24-26-47)37-28-41(4)31(27-39(37)49)13-14-32-33(41)16-19-42(5)34(32)17-20-43(42,51)7-2/h2,8-12,15,18,22,29,31-34,37,39,49,51H,6,13-14,16-17,19-21,23-28H2,1,3-5H3/b22-18+/t29-,31?,32+,33?,34?,37-,39-,41-,42-,43-/m0/s1. The van der Waals surface area contributed by atoms with E-state index >= 15 is 0 Å². The minimum atomic E-state index is -0.989. The molecule has 1 aromatic heterocycles. The van der Waals surface area contributed by atoms with Gasteiger partial charge in [-0.3, -0.25) is 14.5 Å². The van der Waals surface area contributed by atoms with E-state index in [1.807, 2.05) is 47.1 Å². The van der Waals surface area contributed by atoms with Crippen LogP contribution in [0.15, 0.2) is 48.7 Å². The third-order valence-electron chi connectivity index (χ3n) is 14.8. The number of aromatic nitrogens is 1. The normalized spacial score (nSPS) is 37.3. The smallest absolute Gasteiger partial charge is 0.245 e. The van der Waals surface area contributed by atoms with Crippen LogP contribution in [0.5, 0.6) is 0 Å². The zero-order chi connectivity index (χ0) is 36.1. The van der Waals surface area contributed by atoms with E-state index in [9.17, 15) is 19.8 Å². The molecule has 1 amide bonds. The number of terminal acetylenes is 1. The van der Waals surface area contributed by atoms with E-state index in [2.05, 4.69) is 36.6 Å². The van der Waals surface area contributed by atoms with Crippen LogP contribution in [0.1, 0.15) is 96.0 Å². The highest BCUT2D eigenvalue weighted by molar-refractivity contribution is 6.04. The fraction of sp³-hybridized carbons (Fsp3) is 0.651. The maximum absolute atomic E-state index is 13.9. The molecule has 0 radical (unpaired) electrons. The predicted molar refractivity (Wildman–Crippen MR) is 201 cm³/mol. The molecule has 2 N–H and O–H groups in total. The summed E-state index contributed by atoms with van der Waals surface area (Å²) >= 11 is 0. The summed E-state index contributed by atoms with van der Waals surface area (Å²) in [5.41, 5.74) is 0.136. The first-order valence-corrected chi connectivity index (χ1v) is 19.7. The lowest BCUT2D eigenvalue weighted by Crippen LogP contribution is -2.63. The summed E-state index contributed by atoms with van der Waals surface area (Å²) in [7, 11) is 0. The highest BCUT2D eigenvalue weighted by atomic mass is 16.3. The molecule has 1 aromatic carbocycles. The monoisotopic (exact) mass is 694 g/mol. The SMILES string of the molecule is C#C[C@]1(O)CCC2[C@@H]3CCC4C[C@H](O)[C@@H](N5CCN(C(=O)[C@H](C)N(/C=C/C(=O)c6ccc7ccccc7n6)CCC)CC5)C[C@]4(C)C3CC[C@@]21C. The number of nitrogens with zero attached hydrogens (tertiary/aromatic N) is 4. The van der Waals surface area contributed by atoms with Gasteiger partial charge in [0.2, 0.25) is 11.7 Å². The van der Waals surface area contributed by atoms with Crippen molar-refractivity contribution in [3.05, 3.63) is 54.4 Å². The Balaban J connectivity index is 0.979. The number of para-hydroxylation sites is 1. The van der Waals surface area contributed by atoms with Crippen LogP contribution in [0.3, 0.4) is 0 Å². The summed E-state index contributed by atoms with van der Waals surface area (Å²) < 4.78 is 0. The Bertz CT molecular complexity index is 1700. The third-order valence-corrected chi connectivity index (χ3v) is 14.8. The van der Waals surface area contributed by atoms with Crippen LogP contribution in [-0.4, -0.2) is 98.1 Å². The molecule has 0 spiro atoms. The molecule has 4 saturated carbocycles. The number of ketones is 1. The van der Waals surface area contributed by atoms with Gasteiger partial charge in [-0.2, -0.15) is 0 Å². The van der Waals surface area contributed by atoms with Gasteiger partial charge < -0.3 is 20.0 Å². The second-order valence-corrected chi connectivity index (χ2v) is 17.1. The molecule has 10 atom stereocenters. The van der Waals surface area contributed by atoms with Crippen molar-refractivity contribution in [2.24, 2.45) is 34.5 Å². The minimum absolute atomic E-state index is 0.0733.